The van der Waals surface area contributed by atoms with Gasteiger partial charge >= 0.3 is 11.9 Å². The molecule has 3 heterocycles. The zero-order valence-electron chi connectivity index (χ0n) is 21.1. The third-order valence-corrected chi connectivity index (χ3v) is 7.73. The average Bonchev–Trinajstić information content (AvgIpc) is 2.80. The van der Waals surface area contributed by atoms with Gasteiger partial charge in [0.15, 0.2) is 17.3 Å². The minimum atomic E-state index is -0.984. The van der Waals surface area contributed by atoms with Crippen molar-refractivity contribution in [1.29, 1.82) is 0 Å². The summed E-state index contributed by atoms with van der Waals surface area (Å²) >= 11 is 0. The molecule has 1 spiro atoms. The molecule has 5 atom stereocenters. The van der Waals surface area contributed by atoms with Gasteiger partial charge in [-0.1, -0.05) is 26.3 Å². The van der Waals surface area contributed by atoms with Gasteiger partial charge in [-0.2, -0.15) is 0 Å². The number of esters is 2. The lowest BCUT2D eigenvalue weighted by Crippen LogP contribution is -2.61. The van der Waals surface area contributed by atoms with E-state index in [1.165, 1.54) is 6.07 Å². The molecule has 0 amide bonds. The topological polar surface area (TPSA) is 132 Å². The largest absolute Gasteiger partial charge is 0.504 e. The Hall–Kier alpha value is -2.36. The first-order chi connectivity index (χ1) is 17.1. The molecule has 9 nitrogen and oxygen atoms in total. The van der Waals surface area contributed by atoms with Gasteiger partial charge in [-0.15, -0.1) is 0 Å². The molecule has 0 radical (unpaired) electrons. The van der Waals surface area contributed by atoms with Crippen molar-refractivity contribution < 1.29 is 43.9 Å². The fourth-order valence-corrected chi connectivity index (χ4v) is 5.57. The molecule has 3 N–H and O–H groups in total. The van der Waals surface area contributed by atoms with Crippen LogP contribution in [-0.2, 0) is 35.0 Å². The predicted octanol–water partition coefficient (Wildman–Crippen LogP) is 3.50. The Morgan fingerprint density at radius 2 is 1.72 bits per heavy atom. The van der Waals surface area contributed by atoms with E-state index in [0.717, 1.165) is 37.7 Å². The van der Waals surface area contributed by atoms with Crippen LogP contribution >= 0.6 is 0 Å². The molecular weight excluding hydrogens is 468 g/mol. The highest BCUT2D eigenvalue weighted by Crippen LogP contribution is 2.52. The van der Waals surface area contributed by atoms with Crippen LogP contribution in [-0.4, -0.2) is 64.1 Å². The first-order valence-electron chi connectivity index (χ1n) is 13.0. The molecule has 3 fully saturated rings. The standard InChI is InChI=1S/C27H38O9/c1-26(2)10-9-19-13-24(31)34-21(16-28)14-25(32)33-20-12-18(35-27(26,15-20)36-19)6-4-3-5-17-7-8-22(29)23(30)11-17/h7-8,11,18-21,28-30H,3-6,9-10,12-16H2,1-2H3/t18-,19-,20-,21-,27+/m1/s1. The van der Waals surface area contributed by atoms with E-state index in [4.69, 9.17) is 18.9 Å². The van der Waals surface area contributed by atoms with Crippen molar-refractivity contribution in [3.8, 4) is 11.5 Å². The second-order valence-corrected chi connectivity index (χ2v) is 11.0. The lowest BCUT2D eigenvalue weighted by Gasteiger charge is -2.56. The van der Waals surface area contributed by atoms with E-state index in [1.807, 2.05) is 0 Å². The summed E-state index contributed by atoms with van der Waals surface area (Å²) in [5.74, 6) is -2.26. The monoisotopic (exact) mass is 506 g/mol. The van der Waals surface area contributed by atoms with E-state index in [-0.39, 0.29) is 42.0 Å². The SMILES string of the molecule is CC1(C)CC[C@@H]2CC(=O)O[C@@H](CO)CC(=O)O[C@@H]3C[C@@H](CCCCc4ccc(O)c(O)c4)O[C@@]1(C3)O2. The average molecular weight is 507 g/mol. The highest BCUT2D eigenvalue weighted by molar-refractivity contribution is 5.73. The molecule has 3 bridgehead atoms. The fraction of sp³-hybridized carbons (Fsp3) is 0.704. The number of hydrogen-bond acceptors (Lipinski definition) is 9. The number of aliphatic hydroxyl groups excluding tert-OH is 1. The third kappa shape index (κ3) is 6.12. The minimum Gasteiger partial charge on any atom is -0.504 e. The number of aliphatic hydroxyl groups is 1. The number of phenols is 2. The van der Waals surface area contributed by atoms with Gasteiger partial charge in [0.1, 0.15) is 12.2 Å². The Morgan fingerprint density at radius 3 is 2.47 bits per heavy atom. The van der Waals surface area contributed by atoms with Gasteiger partial charge in [-0.3, -0.25) is 9.59 Å². The Kier molecular flexibility index (Phi) is 8.12. The minimum absolute atomic E-state index is 0.0432. The van der Waals surface area contributed by atoms with E-state index in [0.29, 0.717) is 19.3 Å². The molecule has 200 valence electrons. The Morgan fingerprint density at radius 1 is 0.944 bits per heavy atom. The summed E-state index contributed by atoms with van der Waals surface area (Å²) in [7, 11) is 0. The molecule has 0 aromatic heterocycles. The Labute approximate surface area is 211 Å². The number of aromatic hydroxyl groups is 2. The molecule has 0 saturated carbocycles. The summed E-state index contributed by atoms with van der Waals surface area (Å²) in [5.41, 5.74) is 0.593. The number of cyclic esters (lactones) is 1. The summed E-state index contributed by atoms with van der Waals surface area (Å²) in [4.78, 5) is 25.1. The molecular formula is C27H38O9. The first-order valence-corrected chi connectivity index (χ1v) is 13.0. The first kappa shape index (κ1) is 26.7. The maximum atomic E-state index is 12.6. The molecule has 1 aromatic rings. The molecule has 0 aliphatic carbocycles. The van der Waals surface area contributed by atoms with Crippen molar-refractivity contribution in [2.75, 3.05) is 6.61 Å². The van der Waals surface area contributed by atoms with Crippen molar-refractivity contribution in [1.82, 2.24) is 0 Å². The number of carbonyl (C=O) groups is 2. The van der Waals surface area contributed by atoms with Crippen LogP contribution in [0, 0.1) is 5.41 Å². The van der Waals surface area contributed by atoms with Crippen LogP contribution in [0.4, 0.5) is 0 Å². The van der Waals surface area contributed by atoms with E-state index in [2.05, 4.69) is 13.8 Å². The van der Waals surface area contributed by atoms with Crippen molar-refractivity contribution in [3.63, 3.8) is 0 Å². The number of aryl methyl sites for hydroxylation is 1. The molecule has 1 aromatic carbocycles. The summed E-state index contributed by atoms with van der Waals surface area (Å²) in [5, 5.41) is 28.8. The zero-order valence-corrected chi connectivity index (χ0v) is 21.1. The van der Waals surface area contributed by atoms with Crippen molar-refractivity contribution >= 4 is 11.9 Å². The maximum Gasteiger partial charge on any atom is 0.309 e. The Bertz CT molecular complexity index is 941. The van der Waals surface area contributed by atoms with Crippen LogP contribution in [0.25, 0.3) is 0 Å². The summed E-state index contributed by atoms with van der Waals surface area (Å²) in [6, 6.07) is 4.86. The van der Waals surface area contributed by atoms with Crippen LogP contribution in [0.2, 0.25) is 0 Å². The fourth-order valence-electron chi connectivity index (χ4n) is 5.57. The molecule has 4 rings (SSSR count). The lowest BCUT2D eigenvalue weighted by atomic mass is 9.71. The Balaban J connectivity index is 1.47. The van der Waals surface area contributed by atoms with Gasteiger partial charge < -0.3 is 34.3 Å². The number of ether oxygens (including phenoxy) is 4. The normalized spacial score (nSPS) is 32.5. The van der Waals surface area contributed by atoms with Gasteiger partial charge in [0.25, 0.3) is 0 Å². The number of carbonyl (C=O) groups excluding carboxylic acids is 2. The smallest absolute Gasteiger partial charge is 0.309 e. The third-order valence-electron chi connectivity index (χ3n) is 7.73. The number of fused-ring (bicyclic) bond motifs is 2. The van der Waals surface area contributed by atoms with Crippen LogP contribution in [0.15, 0.2) is 18.2 Å². The molecule has 3 saturated heterocycles. The van der Waals surface area contributed by atoms with E-state index in [1.54, 1.807) is 12.1 Å². The highest BCUT2D eigenvalue weighted by atomic mass is 16.7. The van der Waals surface area contributed by atoms with Gasteiger partial charge in [0.2, 0.25) is 0 Å². The van der Waals surface area contributed by atoms with Crippen LogP contribution < -0.4 is 0 Å². The highest BCUT2D eigenvalue weighted by Gasteiger charge is 2.57. The van der Waals surface area contributed by atoms with E-state index < -0.39 is 36.5 Å². The summed E-state index contributed by atoms with van der Waals surface area (Å²) < 4.78 is 24.3. The van der Waals surface area contributed by atoms with E-state index >= 15 is 0 Å². The number of hydrogen-bond donors (Lipinski definition) is 3. The van der Waals surface area contributed by atoms with Crippen molar-refractivity contribution in [2.45, 2.75) is 108 Å². The summed E-state index contributed by atoms with van der Waals surface area (Å²) in [6.45, 7) is 3.74. The second kappa shape index (κ2) is 10.9. The second-order valence-electron chi connectivity index (χ2n) is 11.0. The zero-order chi connectivity index (χ0) is 25.9. The van der Waals surface area contributed by atoms with Crippen LogP contribution in [0.1, 0.15) is 77.2 Å². The number of phenolic OH excluding ortho intramolecular Hbond substituents is 2. The molecule has 3 aliphatic heterocycles. The predicted molar refractivity (Wildman–Crippen MR) is 128 cm³/mol. The number of unbranched alkanes of at least 4 members (excludes halogenated alkanes) is 1. The summed E-state index contributed by atoms with van der Waals surface area (Å²) in [6.07, 6.45) is 3.57. The van der Waals surface area contributed by atoms with Gasteiger partial charge in [-0.25, -0.2) is 0 Å². The van der Waals surface area contributed by atoms with Gasteiger partial charge in [0, 0.05) is 18.3 Å². The van der Waals surface area contributed by atoms with Crippen LogP contribution in [0.3, 0.4) is 0 Å². The number of benzene rings is 1. The molecule has 0 unspecified atom stereocenters. The van der Waals surface area contributed by atoms with Crippen molar-refractivity contribution in [3.05, 3.63) is 23.8 Å². The van der Waals surface area contributed by atoms with E-state index in [9.17, 15) is 24.9 Å². The van der Waals surface area contributed by atoms with Gasteiger partial charge in [-0.05, 0) is 49.8 Å². The van der Waals surface area contributed by atoms with Crippen molar-refractivity contribution in [2.24, 2.45) is 5.41 Å². The quantitative estimate of drug-likeness (QED) is 0.301. The number of rotatable bonds is 6. The van der Waals surface area contributed by atoms with Crippen LogP contribution in [0.5, 0.6) is 11.5 Å². The maximum absolute atomic E-state index is 12.6. The lowest BCUT2D eigenvalue weighted by molar-refractivity contribution is -0.373. The molecule has 3 aliphatic rings. The van der Waals surface area contributed by atoms with Gasteiger partial charge in [0.05, 0.1) is 31.7 Å². The molecule has 9 heteroatoms. The molecule has 36 heavy (non-hydrogen) atoms.